The van der Waals surface area contributed by atoms with E-state index >= 15 is 0 Å². The van der Waals surface area contributed by atoms with E-state index in [-0.39, 0.29) is 6.04 Å². The minimum Gasteiger partial charge on any atom is -0.381 e. The van der Waals surface area contributed by atoms with E-state index in [4.69, 9.17) is 10.6 Å². The zero-order valence-corrected chi connectivity index (χ0v) is 9.94. The standard InChI is InChI=1S/C11H20N4O/c1-8-6-10(15(2)14-8)11(13-12)9-4-3-5-16-7-9/h6,9,11,13H,3-5,7,12H2,1-2H3. The summed E-state index contributed by atoms with van der Waals surface area (Å²) in [4.78, 5) is 0. The maximum absolute atomic E-state index is 5.67. The van der Waals surface area contributed by atoms with Gasteiger partial charge in [-0.2, -0.15) is 5.10 Å². The summed E-state index contributed by atoms with van der Waals surface area (Å²) in [6, 6.07) is 2.21. The molecule has 0 aliphatic carbocycles. The second-order valence-corrected chi connectivity index (χ2v) is 4.46. The molecule has 3 N–H and O–H groups in total. The Morgan fingerprint density at radius 3 is 3.00 bits per heavy atom. The fourth-order valence-corrected chi connectivity index (χ4v) is 2.41. The van der Waals surface area contributed by atoms with E-state index in [1.165, 1.54) is 0 Å². The van der Waals surface area contributed by atoms with Crippen LogP contribution in [0.3, 0.4) is 0 Å². The Morgan fingerprint density at radius 1 is 1.69 bits per heavy atom. The van der Waals surface area contributed by atoms with Gasteiger partial charge >= 0.3 is 0 Å². The van der Waals surface area contributed by atoms with Gasteiger partial charge in [0.15, 0.2) is 0 Å². The van der Waals surface area contributed by atoms with Crippen molar-refractivity contribution in [3.8, 4) is 0 Å². The van der Waals surface area contributed by atoms with Crippen LogP contribution < -0.4 is 11.3 Å². The maximum atomic E-state index is 5.67. The van der Waals surface area contributed by atoms with Crippen LogP contribution in [0.25, 0.3) is 0 Å². The Kier molecular flexibility index (Phi) is 3.58. The molecule has 2 unspecified atom stereocenters. The monoisotopic (exact) mass is 224 g/mol. The van der Waals surface area contributed by atoms with Crippen LogP contribution in [0.4, 0.5) is 0 Å². The molecule has 2 heterocycles. The second kappa shape index (κ2) is 4.95. The number of nitrogens with one attached hydrogen (secondary N) is 1. The summed E-state index contributed by atoms with van der Waals surface area (Å²) in [5.41, 5.74) is 5.06. The van der Waals surface area contributed by atoms with Crippen LogP contribution in [0, 0.1) is 12.8 Å². The summed E-state index contributed by atoms with van der Waals surface area (Å²) in [5.74, 6) is 6.11. The fraction of sp³-hybridized carbons (Fsp3) is 0.727. The quantitative estimate of drug-likeness (QED) is 0.585. The van der Waals surface area contributed by atoms with Gasteiger partial charge in [-0.15, -0.1) is 0 Å². The molecule has 16 heavy (non-hydrogen) atoms. The van der Waals surface area contributed by atoms with Crippen molar-refractivity contribution < 1.29 is 4.74 Å². The molecule has 2 rings (SSSR count). The number of hydrogen-bond acceptors (Lipinski definition) is 4. The maximum Gasteiger partial charge on any atom is 0.0679 e. The summed E-state index contributed by atoms with van der Waals surface area (Å²) in [7, 11) is 1.95. The van der Waals surface area contributed by atoms with Crippen molar-refractivity contribution in [2.75, 3.05) is 13.2 Å². The molecule has 0 saturated carbocycles. The third-order valence-corrected chi connectivity index (χ3v) is 3.20. The van der Waals surface area contributed by atoms with Crippen LogP contribution in [-0.4, -0.2) is 23.0 Å². The van der Waals surface area contributed by atoms with Crippen LogP contribution in [0.1, 0.15) is 30.3 Å². The molecule has 1 saturated heterocycles. The third-order valence-electron chi connectivity index (χ3n) is 3.20. The van der Waals surface area contributed by atoms with Crippen molar-refractivity contribution in [1.29, 1.82) is 0 Å². The molecule has 0 aromatic carbocycles. The predicted octanol–water partition coefficient (Wildman–Crippen LogP) is 0.660. The molecule has 1 aromatic heterocycles. The number of hydrazine groups is 1. The first-order valence-electron chi connectivity index (χ1n) is 5.76. The Morgan fingerprint density at radius 2 is 2.50 bits per heavy atom. The van der Waals surface area contributed by atoms with Gasteiger partial charge < -0.3 is 4.74 Å². The molecule has 90 valence electrons. The van der Waals surface area contributed by atoms with Gasteiger partial charge in [0.2, 0.25) is 0 Å². The van der Waals surface area contributed by atoms with Crippen LogP contribution >= 0.6 is 0 Å². The summed E-state index contributed by atoms with van der Waals surface area (Å²) < 4.78 is 7.41. The molecule has 5 heteroatoms. The van der Waals surface area contributed by atoms with E-state index in [9.17, 15) is 0 Å². The first-order valence-corrected chi connectivity index (χ1v) is 5.76. The van der Waals surface area contributed by atoms with E-state index in [1.807, 2.05) is 18.7 Å². The summed E-state index contributed by atoms with van der Waals surface area (Å²) >= 11 is 0. The van der Waals surface area contributed by atoms with Crippen LogP contribution in [0.15, 0.2) is 6.07 Å². The van der Waals surface area contributed by atoms with Gasteiger partial charge in [-0.1, -0.05) is 0 Å². The topological polar surface area (TPSA) is 65.1 Å². The van der Waals surface area contributed by atoms with Crippen molar-refractivity contribution in [2.45, 2.75) is 25.8 Å². The number of hydrogen-bond donors (Lipinski definition) is 2. The van der Waals surface area contributed by atoms with Gasteiger partial charge in [0.05, 0.1) is 24.0 Å². The molecule has 2 atom stereocenters. The third kappa shape index (κ3) is 2.26. The highest BCUT2D eigenvalue weighted by Gasteiger charge is 2.27. The van der Waals surface area contributed by atoms with E-state index in [0.717, 1.165) is 37.4 Å². The molecule has 1 fully saturated rings. The molecule has 5 nitrogen and oxygen atoms in total. The number of rotatable bonds is 3. The Bertz CT molecular complexity index is 344. The number of nitrogens with zero attached hydrogens (tertiary/aromatic N) is 2. The van der Waals surface area contributed by atoms with E-state index < -0.39 is 0 Å². The number of aryl methyl sites for hydroxylation is 2. The minimum atomic E-state index is 0.131. The van der Waals surface area contributed by atoms with E-state index in [2.05, 4.69) is 16.6 Å². The van der Waals surface area contributed by atoms with Gasteiger partial charge in [-0.25, -0.2) is 0 Å². The lowest BCUT2D eigenvalue weighted by atomic mass is 9.92. The van der Waals surface area contributed by atoms with E-state index in [1.54, 1.807) is 0 Å². The van der Waals surface area contributed by atoms with Crippen molar-refractivity contribution in [2.24, 2.45) is 18.8 Å². The van der Waals surface area contributed by atoms with Crippen molar-refractivity contribution in [3.63, 3.8) is 0 Å². The average molecular weight is 224 g/mol. The molecular formula is C11H20N4O. The Labute approximate surface area is 95.9 Å². The van der Waals surface area contributed by atoms with E-state index in [0.29, 0.717) is 5.92 Å². The molecular weight excluding hydrogens is 204 g/mol. The van der Waals surface area contributed by atoms with Gasteiger partial charge in [0, 0.05) is 19.6 Å². The lowest BCUT2D eigenvalue weighted by molar-refractivity contribution is 0.0378. The molecule has 0 bridgehead atoms. The van der Waals surface area contributed by atoms with Crippen molar-refractivity contribution >= 4 is 0 Å². The molecule has 0 amide bonds. The van der Waals surface area contributed by atoms with Gasteiger partial charge in [0.25, 0.3) is 0 Å². The lowest BCUT2D eigenvalue weighted by Gasteiger charge is -2.29. The first kappa shape index (κ1) is 11.6. The smallest absolute Gasteiger partial charge is 0.0679 e. The van der Waals surface area contributed by atoms with Gasteiger partial charge in [-0.05, 0) is 25.8 Å². The molecule has 1 aromatic rings. The van der Waals surface area contributed by atoms with Crippen molar-refractivity contribution in [1.82, 2.24) is 15.2 Å². The molecule has 0 spiro atoms. The highest BCUT2D eigenvalue weighted by molar-refractivity contribution is 5.14. The number of aromatic nitrogens is 2. The van der Waals surface area contributed by atoms with Crippen LogP contribution in [0.5, 0.6) is 0 Å². The highest BCUT2D eigenvalue weighted by atomic mass is 16.5. The minimum absolute atomic E-state index is 0.131. The predicted molar refractivity (Wildman–Crippen MR) is 61.6 cm³/mol. The summed E-state index contributed by atoms with van der Waals surface area (Å²) in [5, 5.41) is 4.36. The van der Waals surface area contributed by atoms with Crippen LogP contribution in [0.2, 0.25) is 0 Å². The number of nitrogens with two attached hydrogens (primary N) is 1. The van der Waals surface area contributed by atoms with Crippen molar-refractivity contribution in [3.05, 3.63) is 17.5 Å². The summed E-state index contributed by atoms with van der Waals surface area (Å²) in [6.45, 7) is 3.64. The highest BCUT2D eigenvalue weighted by Crippen LogP contribution is 2.28. The molecule has 1 aliphatic heterocycles. The number of ether oxygens (including phenoxy) is 1. The molecule has 1 aliphatic rings. The Hall–Kier alpha value is -0.910. The Balaban J connectivity index is 2.17. The molecule has 0 radical (unpaired) electrons. The zero-order valence-electron chi connectivity index (χ0n) is 9.94. The second-order valence-electron chi connectivity index (χ2n) is 4.46. The largest absolute Gasteiger partial charge is 0.381 e. The zero-order chi connectivity index (χ0) is 11.5. The van der Waals surface area contributed by atoms with Gasteiger partial charge in [0.1, 0.15) is 0 Å². The summed E-state index contributed by atoms with van der Waals surface area (Å²) in [6.07, 6.45) is 2.26. The normalized spacial score (nSPS) is 23.3. The first-order chi connectivity index (χ1) is 7.72. The average Bonchev–Trinajstić information content (AvgIpc) is 2.61. The van der Waals surface area contributed by atoms with Gasteiger partial charge in [-0.3, -0.25) is 16.0 Å². The lowest BCUT2D eigenvalue weighted by Crippen LogP contribution is -2.38. The SMILES string of the molecule is Cc1cc(C(NN)C2CCCOC2)n(C)n1. The fourth-order valence-electron chi connectivity index (χ4n) is 2.41. The van der Waals surface area contributed by atoms with Crippen LogP contribution in [-0.2, 0) is 11.8 Å².